The molecule has 0 saturated heterocycles. The van der Waals surface area contributed by atoms with Crippen LogP contribution in [0.5, 0.6) is 5.75 Å². The Morgan fingerprint density at radius 3 is 1.53 bits per heavy atom. The number of benzene rings is 6. The van der Waals surface area contributed by atoms with Crippen LogP contribution >= 0.6 is 58.0 Å². The molecule has 394 valence electrons. The zero-order chi connectivity index (χ0) is 55.4. The van der Waals surface area contributed by atoms with Crippen molar-refractivity contribution in [3.05, 3.63) is 250 Å². The Morgan fingerprint density at radius 2 is 0.923 bits per heavy atom. The van der Waals surface area contributed by atoms with Gasteiger partial charge in [0.05, 0.1) is 103 Å². The Labute approximate surface area is 478 Å². The first-order valence-electron chi connectivity index (χ1n) is 24.6. The number of rotatable bonds is 7. The number of non-ortho nitro benzene ring substituents is 1. The Balaban J connectivity index is 0.000000136. The van der Waals surface area contributed by atoms with Crippen molar-refractivity contribution in [3.8, 4) is 5.75 Å². The third-order valence-corrected chi connectivity index (χ3v) is 13.3. The molecule has 0 radical (unpaired) electrons. The first-order valence-corrected chi connectivity index (χ1v) is 27.2. The highest BCUT2D eigenvalue weighted by Gasteiger charge is 2.07. The molecule has 0 aliphatic carbocycles. The van der Waals surface area contributed by atoms with Gasteiger partial charge in [-0.05, 0) is 117 Å². The van der Waals surface area contributed by atoms with Crippen LogP contribution in [0.4, 0.5) is 5.69 Å². The molecule has 12 rings (SSSR count). The number of hydrogen-bond donors (Lipinski definition) is 0. The molecule has 12 aromatic rings. The minimum atomic E-state index is -0.422. The summed E-state index contributed by atoms with van der Waals surface area (Å²) in [7, 11) is 1.65. The van der Waals surface area contributed by atoms with E-state index in [4.69, 9.17) is 62.7 Å². The van der Waals surface area contributed by atoms with Crippen molar-refractivity contribution >= 4 is 129 Å². The number of methoxy groups -OCH3 is 1. The molecule has 10 nitrogen and oxygen atoms in total. The van der Waals surface area contributed by atoms with Crippen molar-refractivity contribution in [2.45, 2.75) is 50.2 Å². The van der Waals surface area contributed by atoms with E-state index >= 15 is 0 Å². The number of hydrogen-bond acceptors (Lipinski definition) is 9. The lowest BCUT2D eigenvalue weighted by molar-refractivity contribution is -0.384. The van der Waals surface area contributed by atoms with E-state index in [1.54, 1.807) is 25.3 Å². The van der Waals surface area contributed by atoms with Gasteiger partial charge in [0.2, 0.25) is 0 Å². The molecule has 15 heteroatoms. The molecule has 0 aliphatic heterocycles. The summed E-state index contributed by atoms with van der Waals surface area (Å²) in [5, 5.41) is 17.1. The average Bonchev–Trinajstić information content (AvgIpc) is 3.49. The molecule has 0 amide bonds. The maximum absolute atomic E-state index is 10.5. The summed E-state index contributed by atoms with van der Waals surface area (Å²) in [4.78, 5) is 36.2. The number of halogens is 5. The van der Waals surface area contributed by atoms with Crippen LogP contribution in [0.25, 0.3) is 65.4 Å². The standard InChI is InChI=1S/C11H10ClNO.3C11H10ClN.C10H7ClN2O2.C9H7N/c1-14-10-4-5-11-8(6-10)2-3-9(7-12)13-11;1-8-2-5-11-9(6-8)3-4-10(7-12)13-11;1-8-3-2-4-9-5-6-10(7-12)13-11(8)9;1-8-6-9(7-12)13-11-5-3-2-4-10(8)11;11-6-8-2-1-7-5-9(13(14)15)3-4-10(7)12-8;1-2-6-9-8(4-1)5-3-7-10-9/h2-6H,7H2,1H3;3*2-6H,7H2,1H3;1-5H,6H2;1-7H. The molecule has 0 fully saturated rings. The van der Waals surface area contributed by atoms with E-state index in [1.165, 1.54) is 50.4 Å². The molecule has 6 aromatic heterocycles. The molecule has 0 N–H and O–H groups in total. The second kappa shape index (κ2) is 29.2. The minimum absolute atomic E-state index is 0.0722. The van der Waals surface area contributed by atoms with Gasteiger partial charge in [-0.2, -0.15) is 0 Å². The summed E-state index contributed by atoms with van der Waals surface area (Å²) in [6, 6.07) is 60.5. The molecular weight excluding hydrogens is 1080 g/mol. The zero-order valence-corrected chi connectivity index (χ0v) is 47.0. The van der Waals surface area contributed by atoms with Crippen LogP contribution in [-0.2, 0) is 29.4 Å². The lowest BCUT2D eigenvalue weighted by atomic mass is 10.1. The molecule has 0 spiro atoms. The fraction of sp³-hybridized carbons (Fsp3) is 0.143. The second-order valence-corrected chi connectivity index (χ2v) is 18.9. The van der Waals surface area contributed by atoms with Crippen molar-refractivity contribution in [1.82, 2.24) is 29.9 Å². The summed E-state index contributed by atoms with van der Waals surface area (Å²) in [6.07, 6.45) is 1.81. The lowest BCUT2D eigenvalue weighted by Crippen LogP contribution is -1.90. The van der Waals surface area contributed by atoms with Crippen LogP contribution in [0.3, 0.4) is 0 Å². The van der Waals surface area contributed by atoms with Crippen LogP contribution in [0.15, 0.2) is 194 Å². The molecule has 78 heavy (non-hydrogen) atoms. The van der Waals surface area contributed by atoms with Gasteiger partial charge in [-0.3, -0.25) is 40.0 Å². The van der Waals surface area contributed by atoms with Gasteiger partial charge in [0.15, 0.2) is 0 Å². The number of pyridine rings is 6. The molecule has 0 bridgehead atoms. The summed E-state index contributed by atoms with van der Waals surface area (Å²) >= 11 is 28.5. The summed E-state index contributed by atoms with van der Waals surface area (Å²) in [6.45, 7) is 6.22. The van der Waals surface area contributed by atoms with Crippen molar-refractivity contribution in [2.75, 3.05) is 7.11 Å². The van der Waals surface area contributed by atoms with Gasteiger partial charge in [-0.1, -0.05) is 96.6 Å². The number of ether oxygens (including phenoxy) is 1. The SMILES string of the molecule is COc1ccc2nc(CCl)ccc2c1.Cc1cc(CCl)nc2ccccc12.Cc1ccc2nc(CCl)ccc2c1.Cc1cccc2ccc(CCl)nc12.O=[N+]([O-])c1ccc2nc(CCl)ccc2c1.c1ccc2ncccc2c1. The van der Waals surface area contributed by atoms with E-state index in [0.29, 0.717) is 29.4 Å². The first kappa shape index (κ1) is 58.1. The van der Waals surface area contributed by atoms with Crippen molar-refractivity contribution < 1.29 is 9.66 Å². The monoisotopic (exact) mass is 1130 g/mol. The van der Waals surface area contributed by atoms with E-state index in [-0.39, 0.29) is 5.69 Å². The Kier molecular flexibility index (Phi) is 21.8. The Hall–Kier alpha value is -7.57. The second-order valence-electron chi connectivity index (χ2n) is 17.6. The number of aromatic nitrogens is 6. The molecule has 6 heterocycles. The fourth-order valence-electron chi connectivity index (χ4n) is 7.97. The van der Waals surface area contributed by atoms with Gasteiger partial charge < -0.3 is 4.74 Å². The molecular formula is C63H54Cl5N7O3. The van der Waals surface area contributed by atoms with Gasteiger partial charge in [-0.25, -0.2) is 0 Å². The largest absolute Gasteiger partial charge is 0.497 e. The summed E-state index contributed by atoms with van der Waals surface area (Å²) < 4.78 is 5.13. The van der Waals surface area contributed by atoms with Gasteiger partial charge >= 0.3 is 0 Å². The molecule has 6 aromatic carbocycles. The van der Waals surface area contributed by atoms with Gasteiger partial charge in [-0.15, -0.1) is 58.0 Å². The van der Waals surface area contributed by atoms with Crippen LogP contribution in [0.2, 0.25) is 0 Å². The van der Waals surface area contributed by atoms with E-state index in [9.17, 15) is 10.1 Å². The third kappa shape index (κ3) is 16.2. The molecule has 0 saturated carbocycles. The smallest absolute Gasteiger partial charge is 0.270 e. The third-order valence-electron chi connectivity index (χ3n) is 12.0. The van der Waals surface area contributed by atoms with Gasteiger partial charge in [0.1, 0.15) is 5.75 Å². The van der Waals surface area contributed by atoms with Crippen LogP contribution in [0, 0.1) is 30.9 Å². The highest BCUT2D eigenvalue weighted by Crippen LogP contribution is 2.23. The summed E-state index contributed by atoms with van der Waals surface area (Å²) in [5.74, 6) is 3.06. The van der Waals surface area contributed by atoms with E-state index in [1.807, 2.05) is 109 Å². The zero-order valence-electron chi connectivity index (χ0n) is 43.3. The van der Waals surface area contributed by atoms with Crippen molar-refractivity contribution in [1.29, 1.82) is 0 Å². The van der Waals surface area contributed by atoms with Crippen LogP contribution in [0.1, 0.15) is 45.2 Å². The van der Waals surface area contributed by atoms with E-state index in [0.717, 1.165) is 78.1 Å². The molecule has 0 atom stereocenters. The number of fused-ring (bicyclic) bond motifs is 6. The Bertz CT molecular complexity index is 3850. The van der Waals surface area contributed by atoms with E-state index < -0.39 is 4.92 Å². The number of para-hydroxylation sites is 3. The number of nitrogens with zero attached hydrogens (tertiary/aromatic N) is 7. The Morgan fingerprint density at radius 1 is 0.423 bits per heavy atom. The maximum Gasteiger partial charge on any atom is 0.270 e. The van der Waals surface area contributed by atoms with Crippen molar-refractivity contribution in [3.63, 3.8) is 0 Å². The van der Waals surface area contributed by atoms with Gasteiger partial charge in [0.25, 0.3) is 5.69 Å². The number of nitro benzene ring substituents is 1. The van der Waals surface area contributed by atoms with Crippen LogP contribution in [-0.4, -0.2) is 41.9 Å². The predicted molar refractivity (Wildman–Crippen MR) is 326 cm³/mol. The predicted octanol–water partition coefficient (Wildman–Crippen LogP) is 17.9. The first-order chi connectivity index (χ1) is 37.9. The number of aryl methyl sites for hydroxylation is 3. The minimum Gasteiger partial charge on any atom is -0.497 e. The normalized spacial score (nSPS) is 10.5. The quantitative estimate of drug-likeness (QED) is 0.0870. The number of alkyl halides is 5. The highest BCUT2D eigenvalue weighted by molar-refractivity contribution is 6.18. The summed E-state index contributed by atoms with van der Waals surface area (Å²) in [5.41, 5.74) is 14.1. The molecule has 0 unspecified atom stereocenters. The highest BCUT2D eigenvalue weighted by atomic mass is 35.5. The van der Waals surface area contributed by atoms with E-state index in [2.05, 4.69) is 105 Å². The number of nitro groups is 1. The average molecular weight is 1130 g/mol. The lowest BCUT2D eigenvalue weighted by Gasteiger charge is -2.03. The maximum atomic E-state index is 10.5. The van der Waals surface area contributed by atoms with Crippen LogP contribution < -0.4 is 4.74 Å². The fourth-order valence-corrected chi connectivity index (χ4v) is 8.70. The topological polar surface area (TPSA) is 130 Å². The van der Waals surface area contributed by atoms with Gasteiger partial charge in [0, 0.05) is 50.6 Å². The molecule has 0 aliphatic rings. The van der Waals surface area contributed by atoms with Crippen molar-refractivity contribution in [2.24, 2.45) is 0 Å².